The van der Waals surface area contributed by atoms with E-state index in [-0.39, 0.29) is 62.4 Å². The molecule has 20 heteroatoms. The van der Waals surface area contributed by atoms with Crippen molar-refractivity contribution in [2.24, 2.45) is 28.8 Å². The molecule has 4 aromatic carbocycles. The number of thiazole rings is 1. The minimum absolute atomic E-state index is 0.117. The van der Waals surface area contributed by atoms with Crippen LogP contribution >= 0.6 is 11.3 Å². The number of carbonyl (C=O) groups is 5. The topological polar surface area (TPSA) is 215 Å². The number of carbonyl (C=O) groups excluding carboxylic acids is 5. The van der Waals surface area contributed by atoms with E-state index in [9.17, 15) is 24.0 Å². The second-order valence-electron chi connectivity index (χ2n) is 18.3. The number of aromatic nitrogens is 1. The summed E-state index contributed by atoms with van der Waals surface area (Å²) >= 11 is 1.51. The number of hydrazone groups is 1. The lowest BCUT2D eigenvalue weighted by Gasteiger charge is -2.28. The molecule has 0 atom stereocenters. The molecule has 2 fully saturated rings. The lowest BCUT2D eigenvalue weighted by molar-refractivity contribution is -0.145. The summed E-state index contributed by atoms with van der Waals surface area (Å²) in [7, 11) is 0. The highest BCUT2D eigenvalue weighted by Crippen LogP contribution is 2.35. The number of benzene rings is 4. The summed E-state index contributed by atoms with van der Waals surface area (Å²) in [5.74, 6) is 0.531. The molecule has 2 aliphatic carbocycles. The molecule has 1 aromatic heterocycles. The van der Waals surface area contributed by atoms with E-state index in [0.29, 0.717) is 110 Å². The standard InChI is InChI=1S/C59H65N3O16S/c1-4-54(63)70-34-33-69-32-31-68-30-29-62(59-61-51-9-7-8-10-53(51)79-59)60-36-45-35-50(71-37-41-11-15-43(16-12-41)57(66)77-48-23-19-46(20-24-48)73-39-75-55(64)5-2)27-28-52(45)72-38-42-13-17-44(18-14-42)58(67)78-49-25-21-47(22-26-49)74-40-76-56(65)6-3/h4-10,19-28,35-36,41-44H,1-3,11-18,29-34,37-40H2/b60-36+. The molecule has 2 aliphatic rings. The van der Waals surface area contributed by atoms with Crippen LogP contribution in [0.4, 0.5) is 5.13 Å². The first-order chi connectivity index (χ1) is 38.5. The van der Waals surface area contributed by atoms with Crippen molar-refractivity contribution in [2.45, 2.75) is 51.4 Å². The minimum atomic E-state index is -0.595. The van der Waals surface area contributed by atoms with Crippen LogP contribution in [0.15, 0.2) is 134 Å². The first-order valence-corrected chi connectivity index (χ1v) is 26.9. The predicted octanol–water partition coefficient (Wildman–Crippen LogP) is 9.61. The molecule has 7 rings (SSSR count). The van der Waals surface area contributed by atoms with E-state index in [4.69, 9.17) is 62.2 Å². The Bertz CT molecular complexity index is 2810. The Hall–Kier alpha value is -8.07. The van der Waals surface area contributed by atoms with E-state index in [1.54, 1.807) is 59.8 Å². The van der Waals surface area contributed by atoms with Crippen LogP contribution in [0.1, 0.15) is 56.9 Å². The van der Waals surface area contributed by atoms with Gasteiger partial charge in [-0.25, -0.2) is 24.4 Å². The van der Waals surface area contributed by atoms with E-state index >= 15 is 0 Å². The van der Waals surface area contributed by atoms with Crippen molar-refractivity contribution in [3.63, 3.8) is 0 Å². The van der Waals surface area contributed by atoms with Crippen molar-refractivity contribution in [1.82, 2.24) is 4.98 Å². The molecule has 0 amide bonds. The van der Waals surface area contributed by atoms with Gasteiger partial charge in [-0.05, 0) is 142 Å². The largest absolute Gasteiger partial charge is 0.493 e. The highest BCUT2D eigenvalue weighted by Gasteiger charge is 2.30. The molecular formula is C59H65N3O16S. The van der Waals surface area contributed by atoms with Gasteiger partial charge in [0.1, 0.15) is 41.1 Å². The number of esters is 5. The van der Waals surface area contributed by atoms with Crippen molar-refractivity contribution in [3.8, 4) is 34.5 Å². The van der Waals surface area contributed by atoms with Crippen LogP contribution < -0.4 is 33.4 Å². The summed E-state index contributed by atoms with van der Waals surface area (Å²) in [6.07, 6.45) is 10.6. The van der Waals surface area contributed by atoms with Crippen molar-refractivity contribution < 1.29 is 76.1 Å². The van der Waals surface area contributed by atoms with Gasteiger partial charge in [0.2, 0.25) is 18.7 Å². The summed E-state index contributed by atoms with van der Waals surface area (Å²) in [6, 6.07) is 26.6. The van der Waals surface area contributed by atoms with Gasteiger partial charge >= 0.3 is 29.8 Å². The van der Waals surface area contributed by atoms with Gasteiger partial charge in [0.05, 0.1) is 74.5 Å². The molecule has 19 nitrogen and oxygen atoms in total. The van der Waals surface area contributed by atoms with Gasteiger partial charge in [0.25, 0.3) is 0 Å². The Kier molecular flexibility index (Phi) is 23.3. The Morgan fingerprint density at radius 3 is 1.61 bits per heavy atom. The summed E-state index contributed by atoms with van der Waals surface area (Å²) < 4.78 is 62.3. The zero-order valence-corrected chi connectivity index (χ0v) is 44.7. The molecule has 2 saturated carbocycles. The molecule has 0 bridgehead atoms. The summed E-state index contributed by atoms with van der Waals surface area (Å²) in [6.45, 7) is 12.1. The summed E-state index contributed by atoms with van der Waals surface area (Å²) in [5, 5.41) is 7.43. The van der Waals surface area contributed by atoms with Gasteiger partial charge in [-0.2, -0.15) is 5.10 Å². The van der Waals surface area contributed by atoms with Crippen molar-refractivity contribution in [3.05, 3.63) is 135 Å². The maximum absolute atomic E-state index is 13.2. The van der Waals surface area contributed by atoms with Gasteiger partial charge in [0, 0.05) is 23.8 Å². The highest BCUT2D eigenvalue weighted by atomic mass is 32.1. The first-order valence-electron chi connectivity index (χ1n) is 26.0. The average Bonchev–Trinajstić information content (AvgIpc) is 3.96. The van der Waals surface area contributed by atoms with E-state index in [2.05, 4.69) is 19.7 Å². The number of anilines is 1. The fourth-order valence-electron chi connectivity index (χ4n) is 8.47. The van der Waals surface area contributed by atoms with Gasteiger partial charge in [-0.15, -0.1) is 0 Å². The Labute approximate surface area is 462 Å². The quantitative estimate of drug-likeness (QED) is 0.00590. The Balaban J connectivity index is 0.955. The maximum Gasteiger partial charge on any atom is 0.333 e. The van der Waals surface area contributed by atoms with E-state index in [1.807, 2.05) is 42.5 Å². The second-order valence-corrected chi connectivity index (χ2v) is 19.3. The smallest absolute Gasteiger partial charge is 0.333 e. The van der Waals surface area contributed by atoms with Gasteiger partial charge in [-0.1, -0.05) is 43.2 Å². The molecular weight excluding hydrogens is 1040 g/mol. The van der Waals surface area contributed by atoms with Gasteiger partial charge in [-0.3, -0.25) is 9.59 Å². The minimum Gasteiger partial charge on any atom is -0.493 e. The Morgan fingerprint density at radius 1 is 0.557 bits per heavy atom. The number of nitrogens with zero attached hydrogens (tertiary/aromatic N) is 3. The lowest BCUT2D eigenvalue weighted by Crippen LogP contribution is -2.28. The number of ether oxygens (including phenoxy) is 11. The van der Waals surface area contributed by atoms with E-state index < -0.39 is 17.9 Å². The molecule has 0 saturated heterocycles. The van der Waals surface area contributed by atoms with Crippen LogP contribution in [0.3, 0.4) is 0 Å². The van der Waals surface area contributed by atoms with Gasteiger partial charge in [0.15, 0.2) is 0 Å². The van der Waals surface area contributed by atoms with Crippen LogP contribution in [0.25, 0.3) is 10.2 Å². The number of para-hydroxylation sites is 1. The molecule has 5 aromatic rings. The lowest BCUT2D eigenvalue weighted by atomic mass is 9.82. The molecule has 418 valence electrons. The number of hydrogen-bond acceptors (Lipinski definition) is 20. The molecule has 0 N–H and O–H groups in total. The molecule has 0 radical (unpaired) electrons. The van der Waals surface area contributed by atoms with E-state index in [1.165, 1.54) is 11.3 Å². The fourth-order valence-corrected chi connectivity index (χ4v) is 9.42. The maximum atomic E-state index is 13.2. The van der Waals surface area contributed by atoms with Crippen LogP contribution in [-0.2, 0) is 47.7 Å². The van der Waals surface area contributed by atoms with E-state index in [0.717, 1.165) is 54.1 Å². The van der Waals surface area contributed by atoms with Crippen LogP contribution in [0.2, 0.25) is 0 Å². The zero-order chi connectivity index (χ0) is 55.6. The summed E-state index contributed by atoms with van der Waals surface area (Å²) in [4.78, 5) is 65.1. The van der Waals surface area contributed by atoms with Crippen LogP contribution in [0, 0.1) is 23.7 Å². The zero-order valence-electron chi connectivity index (χ0n) is 43.9. The predicted molar refractivity (Wildman–Crippen MR) is 293 cm³/mol. The molecule has 0 unspecified atom stereocenters. The normalized spacial score (nSPS) is 16.9. The average molecular weight is 1100 g/mol. The van der Waals surface area contributed by atoms with Crippen LogP contribution in [-0.4, -0.2) is 107 Å². The first kappa shape index (κ1) is 58.6. The monoisotopic (exact) mass is 1100 g/mol. The van der Waals surface area contributed by atoms with Crippen molar-refractivity contribution in [2.75, 3.05) is 71.4 Å². The van der Waals surface area contributed by atoms with Crippen LogP contribution in [0.5, 0.6) is 34.5 Å². The molecule has 79 heavy (non-hydrogen) atoms. The Morgan fingerprint density at radius 2 is 1.05 bits per heavy atom. The highest BCUT2D eigenvalue weighted by molar-refractivity contribution is 7.22. The van der Waals surface area contributed by atoms with Crippen molar-refractivity contribution >= 4 is 62.7 Å². The molecule has 1 heterocycles. The number of rotatable bonds is 31. The van der Waals surface area contributed by atoms with Gasteiger partial charge < -0.3 is 52.1 Å². The SMILES string of the molecule is C=CC(=O)OCCOCCOCCN(/N=C/c1cc(OCC2CCC(C(=O)Oc3ccc(OCOC(=O)C=C)cc3)CC2)ccc1OCC1CCC(C(=O)Oc2ccc(OCOC(=O)C=C)cc2)CC1)c1nc2ccccc2s1. The second kappa shape index (κ2) is 31.4. The van der Waals surface area contributed by atoms with Crippen molar-refractivity contribution in [1.29, 1.82) is 0 Å². The molecule has 0 aliphatic heterocycles. The third-order valence-corrected chi connectivity index (χ3v) is 13.9. The third-order valence-electron chi connectivity index (χ3n) is 12.9. The number of fused-ring (bicyclic) bond motifs is 1. The summed E-state index contributed by atoms with van der Waals surface area (Å²) in [5.41, 5.74) is 1.53. The fraction of sp³-hybridized carbons (Fsp3) is 0.373. The number of hydrogen-bond donors (Lipinski definition) is 0. The third kappa shape index (κ3) is 19.4. The molecule has 0 spiro atoms.